The van der Waals surface area contributed by atoms with Crippen LogP contribution in [0.1, 0.15) is 37.8 Å². The Bertz CT molecular complexity index is 391. The van der Waals surface area contributed by atoms with Crippen LogP contribution >= 0.6 is 0 Å². The van der Waals surface area contributed by atoms with E-state index in [-0.39, 0.29) is 12.1 Å². The van der Waals surface area contributed by atoms with Gasteiger partial charge in [0.15, 0.2) is 0 Å². The Kier molecular flexibility index (Phi) is 4.66. The topological polar surface area (TPSA) is 21.3 Å². The van der Waals surface area contributed by atoms with E-state index in [2.05, 4.69) is 5.32 Å². The molecule has 2 unspecified atom stereocenters. The van der Waals surface area contributed by atoms with Gasteiger partial charge in [0.05, 0.1) is 12.1 Å². The van der Waals surface area contributed by atoms with Crippen molar-refractivity contribution in [3.8, 4) is 0 Å². The molecule has 0 aliphatic carbocycles. The van der Waals surface area contributed by atoms with Crippen LogP contribution in [0.2, 0.25) is 0 Å². The monoisotopic (exact) mass is 255 g/mol. The number of likely N-dealkylation sites (N-methyl/N-ethyl adjacent to an activating group) is 1. The Morgan fingerprint density at radius 2 is 2.22 bits per heavy atom. The molecule has 100 valence electrons. The van der Waals surface area contributed by atoms with E-state index in [1.807, 2.05) is 6.92 Å². The summed E-state index contributed by atoms with van der Waals surface area (Å²) in [7, 11) is 0. The summed E-state index contributed by atoms with van der Waals surface area (Å²) in [5.41, 5.74) is 0.491. The molecule has 1 fully saturated rings. The van der Waals surface area contributed by atoms with Crippen LogP contribution in [0, 0.1) is 11.6 Å². The lowest BCUT2D eigenvalue weighted by atomic mass is 9.95. The number of hydrogen-bond donors (Lipinski definition) is 1. The Morgan fingerprint density at radius 1 is 1.39 bits per heavy atom. The van der Waals surface area contributed by atoms with Crippen molar-refractivity contribution in [2.24, 2.45) is 0 Å². The van der Waals surface area contributed by atoms with Crippen molar-refractivity contribution < 1.29 is 13.5 Å². The van der Waals surface area contributed by atoms with Gasteiger partial charge in [0.25, 0.3) is 0 Å². The van der Waals surface area contributed by atoms with Crippen molar-refractivity contribution in [1.82, 2.24) is 5.32 Å². The number of halogens is 2. The summed E-state index contributed by atoms with van der Waals surface area (Å²) in [5, 5.41) is 3.24. The van der Waals surface area contributed by atoms with Gasteiger partial charge in [0.2, 0.25) is 0 Å². The maximum atomic E-state index is 13.8. The molecule has 1 aliphatic rings. The minimum absolute atomic E-state index is 0.0290. The van der Waals surface area contributed by atoms with Crippen LogP contribution in [0.3, 0.4) is 0 Å². The predicted octanol–water partition coefficient (Wildman–Crippen LogP) is 3.18. The molecule has 0 bridgehead atoms. The fourth-order valence-corrected chi connectivity index (χ4v) is 2.44. The van der Waals surface area contributed by atoms with Crippen LogP contribution in [-0.2, 0) is 4.74 Å². The van der Waals surface area contributed by atoms with Gasteiger partial charge in [-0.15, -0.1) is 0 Å². The Labute approximate surface area is 106 Å². The quantitative estimate of drug-likeness (QED) is 0.892. The van der Waals surface area contributed by atoms with Gasteiger partial charge in [-0.2, -0.15) is 0 Å². The van der Waals surface area contributed by atoms with Gasteiger partial charge in [-0.25, -0.2) is 8.78 Å². The Hall–Kier alpha value is -1.00. The molecule has 0 aromatic heterocycles. The first kappa shape index (κ1) is 13.4. The molecular weight excluding hydrogens is 236 g/mol. The average Bonchev–Trinajstić information content (AvgIpc) is 2.38. The summed E-state index contributed by atoms with van der Waals surface area (Å²) in [4.78, 5) is 0. The van der Waals surface area contributed by atoms with E-state index in [4.69, 9.17) is 4.74 Å². The Balaban J connectivity index is 2.22. The molecule has 2 nitrogen and oxygen atoms in total. The van der Waals surface area contributed by atoms with Gasteiger partial charge in [-0.05, 0) is 31.9 Å². The smallest absolute Gasteiger partial charge is 0.130 e. The highest BCUT2D eigenvalue weighted by Gasteiger charge is 2.27. The lowest BCUT2D eigenvalue weighted by Gasteiger charge is -2.31. The molecule has 0 saturated carbocycles. The minimum Gasteiger partial charge on any atom is -0.376 e. The normalized spacial score (nSPS) is 21.8. The largest absolute Gasteiger partial charge is 0.376 e. The second kappa shape index (κ2) is 6.25. The molecule has 1 aromatic carbocycles. The molecule has 2 rings (SSSR count). The van der Waals surface area contributed by atoms with Crippen molar-refractivity contribution in [2.45, 2.75) is 38.3 Å². The zero-order valence-corrected chi connectivity index (χ0v) is 10.6. The summed E-state index contributed by atoms with van der Waals surface area (Å²) in [6.07, 6.45) is 3.03. The highest BCUT2D eigenvalue weighted by atomic mass is 19.1. The van der Waals surface area contributed by atoms with Crippen LogP contribution in [-0.4, -0.2) is 19.3 Å². The summed E-state index contributed by atoms with van der Waals surface area (Å²) in [5.74, 6) is -1.05. The van der Waals surface area contributed by atoms with Crippen LogP contribution < -0.4 is 5.32 Å². The fourth-order valence-electron chi connectivity index (χ4n) is 2.44. The molecule has 0 radical (unpaired) electrons. The Morgan fingerprint density at radius 3 is 2.83 bits per heavy atom. The van der Waals surface area contributed by atoms with E-state index in [0.29, 0.717) is 5.56 Å². The summed E-state index contributed by atoms with van der Waals surface area (Å²) >= 11 is 0. The zero-order chi connectivity index (χ0) is 13.0. The second-order valence-corrected chi connectivity index (χ2v) is 4.61. The van der Waals surface area contributed by atoms with Crippen molar-refractivity contribution >= 4 is 0 Å². The summed E-state index contributed by atoms with van der Waals surface area (Å²) in [6, 6.07) is 3.54. The predicted molar refractivity (Wildman–Crippen MR) is 66.4 cm³/mol. The van der Waals surface area contributed by atoms with E-state index >= 15 is 0 Å². The number of hydrogen-bond acceptors (Lipinski definition) is 2. The van der Waals surface area contributed by atoms with Gasteiger partial charge in [0, 0.05) is 18.2 Å². The average molecular weight is 255 g/mol. The summed E-state index contributed by atoms with van der Waals surface area (Å²) in [6.45, 7) is 3.41. The van der Waals surface area contributed by atoms with E-state index in [1.54, 1.807) is 0 Å². The van der Waals surface area contributed by atoms with E-state index in [0.717, 1.165) is 38.5 Å². The molecular formula is C14H19F2NO. The molecule has 2 atom stereocenters. The second-order valence-electron chi connectivity index (χ2n) is 4.61. The van der Waals surface area contributed by atoms with Crippen LogP contribution in [0.15, 0.2) is 18.2 Å². The van der Waals surface area contributed by atoms with Gasteiger partial charge in [-0.1, -0.05) is 13.0 Å². The number of rotatable bonds is 4. The molecule has 4 heteroatoms. The van der Waals surface area contributed by atoms with Crippen molar-refractivity contribution in [3.05, 3.63) is 35.4 Å². The fraction of sp³-hybridized carbons (Fsp3) is 0.571. The standard InChI is InChI=1S/C14H19F2NO/c1-2-17-14(13-5-3-4-8-18-13)11-7-6-10(15)9-12(11)16/h6-7,9,13-14,17H,2-5,8H2,1H3. The molecule has 18 heavy (non-hydrogen) atoms. The van der Waals surface area contributed by atoms with Gasteiger partial charge in [0.1, 0.15) is 11.6 Å². The first-order valence-corrected chi connectivity index (χ1v) is 6.52. The number of benzene rings is 1. The van der Waals surface area contributed by atoms with E-state index in [9.17, 15) is 8.78 Å². The third-order valence-corrected chi connectivity index (χ3v) is 3.31. The van der Waals surface area contributed by atoms with Crippen LogP contribution in [0.25, 0.3) is 0 Å². The third-order valence-electron chi connectivity index (χ3n) is 3.31. The highest BCUT2D eigenvalue weighted by molar-refractivity contribution is 5.23. The lowest BCUT2D eigenvalue weighted by molar-refractivity contribution is -0.00858. The molecule has 0 amide bonds. The van der Waals surface area contributed by atoms with Gasteiger partial charge in [-0.3, -0.25) is 0 Å². The zero-order valence-electron chi connectivity index (χ0n) is 10.6. The molecule has 1 aromatic rings. The molecule has 1 saturated heterocycles. The minimum atomic E-state index is -0.545. The van der Waals surface area contributed by atoms with Gasteiger partial charge >= 0.3 is 0 Å². The molecule has 0 spiro atoms. The van der Waals surface area contributed by atoms with E-state index in [1.165, 1.54) is 12.1 Å². The lowest BCUT2D eigenvalue weighted by Crippen LogP contribution is -2.36. The van der Waals surface area contributed by atoms with Crippen molar-refractivity contribution in [3.63, 3.8) is 0 Å². The first-order valence-electron chi connectivity index (χ1n) is 6.52. The van der Waals surface area contributed by atoms with Crippen molar-refractivity contribution in [1.29, 1.82) is 0 Å². The van der Waals surface area contributed by atoms with Crippen molar-refractivity contribution in [2.75, 3.05) is 13.2 Å². The molecule has 1 aliphatic heterocycles. The third kappa shape index (κ3) is 3.06. The maximum Gasteiger partial charge on any atom is 0.130 e. The first-order chi connectivity index (χ1) is 8.72. The number of ether oxygens (including phenoxy) is 1. The summed E-state index contributed by atoms with van der Waals surface area (Å²) < 4.78 is 32.5. The van der Waals surface area contributed by atoms with Gasteiger partial charge < -0.3 is 10.1 Å². The molecule has 1 N–H and O–H groups in total. The van der Waals surface area contributed by atoms with Crippen LogP contribution in [0.4, 0.5) is 8.78 Å². The molecule has 1 heterocycles. The van der Waals surface area contributed by atoms with Crippen LogP contribution in [0.5, 0.6) is 0 Å². The number of nitrogens with one attached hydrogen (secondary N) is 1. The SMILES string of the molecule is CCNC(c1ccc(F)cc1F)C1CCCCO1. The van der Waals surface area contributed by atoms with E-state index < -0.39 is 11.6 Å². The maximum absolute atomic E-state index is 13.8. The highest BCUT2D eigenvalue weighted by Crippen LogP contribution is 2.28.